The van der Waals surface area contributed by atoms with Gasteiger partial charge in [-0.3, -0.25) is 4.79 Å². The number of fused-ring (bicyclic) bond motifs is 1. The van der Waals surface area contributed by atoms with E-state index in [2.05, 4.69) is 19.2 Å². The van der Waals surface area contributed by atoms with E-state index in [-0.39, 0.29) is 18.6 Å². The number of aryl methyl sites for hydroxylation is 1. The zero-order valence-electron chi connectivity index (χ0n) is 12.3. The summed E-state index contributed by atoms with van der Waals surface area (Å²) in [4.78, 5) is 12.4. The fourth-order valence-corrected chi connectivity index (χ4v) is 2.53. The van der Waals surface area contributed by atoms with Crippen molar-refractivity contribution in [1.29, 1.82) is 0 Å². The summed E-state index contributed by atoms with van der Waals surface area (Å²) in [7, 11) is 1.93. The van der Waals surface area contributed by atoms with Crippen LogP contribution < -0.4 is 5.32 Å². The molecule has 0 saturated heterocycles. The highest BCUT2D eigenvalue weighted by Gasteiger charge is 2.17. The van der Waals surface area contributed by atoms with E-state index < -0.39 is 0 Å². The Bertz CT molecular complexity index is 602. The number of benzene rings is 1. The Labute approximate surface area is 119 Å². The Morgan fingerprint density at radius 3 is 2.70 bits per heavy atom. The van der Waals surface area contributed by atoms with Crippen molar-refractivity contribution in [3.63, 3.8) is 0 Å². The third kappa shape index (κ3) is 3.02. The molecule has 1 aromatic carbocycles. The number of nitrogens with zero attached hydrogens (tertiary/aromatic N) is 1. The maximum absolute atomic E-state index is 12.4. The summed E-state index contributed by atoms with van der Waals surface area (Å²) in [6.45, 7) is 4.12. The molecule has 0 aliphatic rings. The van der Waals surface area contributed by atoms with Crippen molar-refractivity contribution in [2.45, 2.75) is 26.3 Å². The topological polar surface area (TPSA) is 54.3 Å². The number of para-hydroxylation sites is 1. The van der Waals surface area contributed by atoms with Gasteiger partial charge in [-0.25, -0.2) is 0 Å². The zero-order chi connectivity index (χ0) is 14.7. The molecule has 1 amide bonds. The molecule has 2 rings (SSSR count). The van der Waals surface area contributed by atoms with Crippen molar-refractivity contribution in [2.75, 3.05) is 6.61 Å². The second-order valence-corrected chi connectivity index (χ2v) is 5.65. The van der Waals surface area contributed by atoms with Gasteiger partial charge in [0.15, 0.2) is 0 Å². The van der Waals surface area contributed by atoms with Crippen molar-refractivity contribution in [3.8, 4) is 0 Å². The van der Waals surface area contributed by atoms with Crippen LogP contribution in [0.5, 0.6) is 0 Å². The van der Waals surface area contributed by atoms with Crippen LogP contribution in [-0.2, 0) is 7.05 Å². The molecule has 0 saturated carbocycles. The van der Waals surface area contributed by atoms with Gasteiger partial charge in [0.2, 0.25) is 0 Å². The molecule has 1 heterocycles. The Morgan fingerprint density at radius 1 is 1.35 bits per heavy atom. The minimum atomic E-state index is -0.193. The van der Waals surface area contributed by atoms with Crippen LogP contribution in [0.2, 0.25) is 0 Å². The average molecular weight is 274 g/mol. The molecule has 0 bridgehead atoms. The van der Waals surface area contributed by atoms with Crippen molar-refractivity contribution in [1.82, 2.24) is 9.88 Å². The number of aliphatic hydroxyl groups excluding tert-OH is 1. The molecule has 0 spiro atoms. The molecular formula is C16H22N2O2. The maximum atomic E-state index is 12.4. The van der Waals surface area contributed by atoms with Crippen LogP contribution in [0.15, 0.2) is 30.5 Å². The van der Waals surface area contributed by atoms with Gasteiger partial charge in [-0.2, -0.15) is 0 Å². The minimum absolute atomic E-state index is 0.0330. The van der Waals surface area contributed by atoms with Crippen LogP contribution in [0.25, 0.3) is 10.9 Å². The lowest BCUT2D eigenvalue weighted by molar-refractivity contribution is 0.0910. The molecule has 1 aromatic heterocycles. The van der Waals surface area contributed by atoms with E-state index in [4.69, 9.17) is 0 Å². The van der Waals surface area contributed by atoms with Gasteiger partial charge in [-0.15, -0.1) is 0 Å². The maximum Gasteiger partial charge on any atom is 0.253 e. The zero-order valence-corrected chi connectivity index (χ0v) is 12.3. The van der Waals surface area contributed by atoms with Gasteiger partial charge in [0.25, 0.3) is 5.91 Å². The van der Waals surface area contributed by atoms with Gasteiger partial charge in [0.1, 0.15) is 0 Å². The minimum Gasteiger partial charge on any atom is -0.394 e. The van der Waals surface area contributed by atoms with Crippen molar-refractivity contribution >= 4 is 16.8 Å². The lowest BCUT2D eigenvalue weighted by Crippen LogP contribution is -2.38. The fraction of sp³-hybridized carbons (Fsp3) is 0.438. The summed E-state index contributed by atoms with van der Waals surface area (Å²) in [5.74, 6) is 0.307. The number of aromatic nitrogens is 1. The molecule has 0 radical (unpaired) electrons. The summed E-state index contributed by atoms with van der Waals surface area (Å²) in [5.41, 5.74) is 1.69. The number of carbonyl (C=O) groups is 1. The third-order valence-corrected chi connectivity index (χ3v) is 3.45. The number of nitrogens with one attached hydrogen (secondary N) is 1. The van der Waals surface area contributed by atoms with Crippen LogP contribution in [0.3, 0.4) is 0 Å². The van der Waals surface area contributed by atoms with Gasteiger partial charge in [-0.1, -0.05) is 32.0 Å². The predicted octanol–water partition coefficient (Wildman–Crippen LogP) is 2.32. The first-order valence-corrected chi connectivity index (χ1v) is 6.98. The average Bonchev–Trinajstić information content (AvgIpc) is 2.75. The molecule has 1 unspecified atom stereocenters. The Balaban J connectivity index is 2.23. The van der Waals surface area contributed by atoms with E-state index in [0.717, 1.165) is 17.3 Å². The van der Waals surface area contributed by atoms with Gasteiger partial charge >= 0.3 is 0 Å². The van der Waals surface area contributed by atoms with Crippen LogP contribution >= 0.6 is 0 Å². The number of carbonyl (C=O) groups excluding carboxylic acids is 1. The quantitative estimate of drug-likeness (QED) is 0.879. The smallest absolute Gasteiger partial charge is 0.253 e. The van der Waals surface area contributed by atoms with Gasteiger partial charge in [0.05, 0.1) is 18.2 Å². The number of hydrogen-bond acceptors (Lipinski definition) is 2. The highest BCUT2D eigenvalue weighted by Crippen LogP contribution is 2.20. The number of rotatable bonds is 5. The highest BCUT2D eigenvalue weighted by atomic mass is 16.3. The predicted molar refractivity (Wildman–Crippen MR) is 80.7 cm³/mol. The van der Waals surface area contributed by atoms with E-state index in [9.17, 15) is 9.90 Å². The fourth-order valence-electron chi connectivity index (χ4n) is 2.53. The molecule has 108 valence electrons. The molecule has 20 heavy (non-hydrogen) atoms. The molecule has 0 fully saturated rings. The van der Waals surface area contributed by atoms with Crippen LogP contribution in [-0.4, -0.2) is 28.2 Å². The molecular weight excluding hydrogens is 252 g/mol. The summed E-state index contributed by atoms with van der Waals surface area (Å²) in [6.07, 6.45) is 2.61. The standard InChI is InChI=1S/C16H22N2O2/c1-11(2)8-12(10-19)17-16(20)14-9-18(3)15-7-5-4-6-13(14)15/h4-7,9,11-12,19H,8,10H2,1-3H3,(H,17,20). The van der Waals surface area contributed by atoms with E-state index >= 15 is 0 Å². The molecule has 2 aromatic rings. The van der Waals surface area contributed by atoms with E-state index in [1.54, 1.807) is 0 Å². The summed E-state index contributed by atoms with van der Waals surface area (Å²) < 4.78 is 1.95. The second kappa shape index (κ2) is 6.09. The van der Waals surface area contributed by atoms with Crippen LogP contribution in [0.1, 0.15) is 30.6 Å². The summed E-state index contributed by atoms with van der Waals surface area (Å²) in [5, 5.41) is 13.2. The van der Waals surface area contributed by atoms with E-state index in [1.807, 2.05) is 42.1 Å². The summed E-state index contributed by atoms with van der Waals surface area (Å²) >= 11 is 0. The normalized spacial score (nSPS) is 12.8. The third-order valence-electron chi connectivity index (χ3n) is 3.45. The largest absolute Gasteiger partial charge is 0.394 e. The monoisotopic (exact) mass is 274 g/mol. The van der Waals surface area contributed by atoms with E-state index in [1.165, 1.54) is 0 Å². The van der Waals surface area contributed by atoms with Crippen LogP contribution in [0, 0.1) is 5.92 Å². The van der Waals surface area contributed by atoms with Gasteiger partial charge < -0.3 is 15.0 Å². The molecule has 2 N–H and O–H groups in total. The van der Waals surface area contributed by atoms with Gasteiger partial charge in [-0.05, 0) is 18.4 Å². The first kappa shape index (κ1) is 14.6. The lowest BCUT2D eigenvalue weighted by atomic mass is 10.0. The lowest BCUT2D eigenvalue weighted by Gasteiger charge is -2.18. The van der Waals surface area contributed by atoms with Crippen molar-refractivity contribution in [3.05, 3.63) is 36.0 Å². The molecule has 1 atom stereocenters. The molecule has 0 aliphatic heterocycles. The Morgan fingerprint density at radius 2 is 2.05 bits per heavy atom. The second-order valence-electron chi connectivity index (χ2n) is 5.65. The first-order chi connectivity index (χ1) is 9.52. The summed E-state index contributed by atoms with van der Waals surface area (Å²) in [6, 6.07) is 7.63. The first-order valence-electron chi connectivity index (χ1n) is 6.98. The van der Waals surface area contributed by atoms with Crippen molar-refractivity contribution < 1.29 is 9.90 Å². The molecule has 4 nitrogen and oxygen atoms in total. The SMILES string of the molecule is CC(C)CC(CO)NC(=O)c1cn(C)c2ccccc12. The number of hydrogen-bond donors (Lipinski definition) is 2. The number of aliphatic hydroxyl groups is 1. The Kier molecular flexibility index (Phi) is 4.45. The van der Waals surface area contributed by atoms with Crippen LogP contribution in [0.4, 0.5) is 0 Å². The highest BCUT2D eigenvalue weighted by molar-refractivity contribution is 6.07. The van der Waals surface area contributed by atoms with Gasteiger partial charge in [0, 0.05) is 24.1 Å². The number of amides is 1. The van der Waals surface area contributed by atoms with E-state index in [0.29, 0.717) is 11.5 Å². The van der Waals surface area contributed by atoms with Crippen molar-refractivity contribution in [2.24, 2.45) is 13.0 Å². The molecule has 0 aliphatic carbocycles. The Hall–Kier alpha value is -1.81. The molecule has 4 heteroatoms.